The first-order valence-electron chi connectivity index (χ1n) is 3.32. The number of aromatic nitrogens is 1. The Morgan fingerprint density at radius 3 is 2.47 bits per heavy atom. The second-order valence-corrected chi connectivity index (χ2v) is 6.70. The van der Waals surface area contributed by atoms with E-state index in [0.29, 0.717) is 0 Å². The first-order valence-corrected chi connectivity index (χ1v) is 7.50. The summed E-state index contributed by atoms with van der Waals surface area (Å²) in [5.74, 6) is 0. The van der Waals surface area contributed by atoms with Gasteiger partial charge in [0, 0.05) is 16.9 Å². The predicted octanol–water partition coefficient (Wildman–Crippen LogP) is 3.31. The lowest BCUT2D eigenvalue weighted by Gasteiger charge is -2.08. The molecule has 0 unspecified atom stereocenters. The van der Waals surface area contributed by atoms with Gasteiger partial charge >= 0.3 is 0 Å². The summed E-state index contributed by atoms with van der Waals surface area (Å²) in [6.45, 7) is 0. The first kappa shape index (κ1) is 13.5. The van der Waals surface area contributed by atoms with Gasteiger partial charge in [-0.2, -0.15) is 0 Å². The van der Waals surface area contributed by atoms with Crippen LogP contribution in [0.25, 0.3) is 0 Å². The minimum atomic E-state index is -4.23. The van der Waals surface area contributed by atoms with Gasteiger partial charge in [0.15, 0.2) is 0 Å². The molecule has 1 aromatic heterocycles. The molecule has 0 aliphatic carbocycles. The molecule has 0 aliphatic heterocycles. The van der Waals surface area contributed by atoms with Gasteiger partial charge in [0.2, 0.25) is 0 Å². The van der Waals surface area contributed by atoms with Crippen LogP contribution in [0.2, 0.25) is 0 Å². The third-order valence-corrected chi connectivity index (χ3v) is 5.42. The second kappa shape index (κ2) is 4.76. The molecule has 0 saturated carbocycles. The maximum Gasteiger partial charge on any atom is 0.266 e. The van der Waals surface area contributed by atoms with E-state index in [9.17, 15) is 17.2 Å². The fraction of sp³-hybridized carbons (Fsp3) is 0.167. The number of rotatable bonds is 2. The van der Waals surface area contributed by atoms with E-state index in [1.165, 1.54) is 0 Å². The molecule has 1 heterocycles. The average Bonchev–Trinajstić information content (AvgIpc) is 2.06. The molecule has 0 aliphatic rings. The maximum atomic E-state index is 12.5. The fourth-order valence-electron chi connectivity index (χ4n) is 0.865. The molecule has 3 nitrogen and oxygen atoms in total. The van der Waals surface area contributed by atoms with Gasteiger partial charge in [-0.05, 0) is 38.5 Å². The van der Waals surface area contributed by atoms with E-state index in [1.54, 1.807) is 22.6 Å². The normalized spacial score (nSPS) is 12.1. The Morgan fingerprint density at radius 2 is 2.07 bits per heavy atom. The van der Waals surface area contributed by atoms with Crippen molar-refractivity contribution in [2.75, 3.05) is 0 Å². The molecule has 9 heteroatoms. The minimum Gasteiger partial charge on any atom is -0.249 e. The largest absolute Gasteiger partial charge is 0.266 e. The van der Waals surface area contributed by atoms with Crippen molar-refractivity contribution in [3.8, 4) is 0 Å². The summed E-state index contributed by atoms with van der Waals surface area (Å²) in [6, 6.07) is 0. The predicted molar refractivity (Wildman–Crippen MR) is 62.6 cm³/mol. The van der Waals surface area contributed by atoms with Crippen molar-refractivity contribution in [1.29, 1.82) is 0 Å². The topological polar surface area (TPSA) is 47.0 Å². The number of hydrogen-bond donors (Lipinski definition) is 0. The molecule has 0 aromatic carbocycles. The number of alkyl halides is 2. The molecule has 0 amide bonds. The lowest BCUT2D eigenvalue weighted by Crippen LogP contribution is -2.03. The minimum absolute atomic E-state index is 0.0455. The van der Waals surface area contributed by atoms with Gasteiger partial charge in [-0.25, -0.2) is 22.2 Å². The molecular formula is C6H2BrClF2INO2S. The Balaban J connectivity index is 3.65. The SMILES string of the molecule is O=S(=O)(Cl)c1c(C(F)F)cnc(I)c1Br. The van der Waals surface area contributed by atoms with Crippen LogP contribution in [0.5, 0.6) is 0 Å². The molecule has 0 N–H and O–H groups in total. The number of pyridine rings is 1. The van der Waals surface area contributed by atoms with Gasteiger partial charge in [0.05, 0.1) is 10.0 Å². The molecule has 0 atom stereocenters. The van der Waals surface area contributed by atoms with Crippen molar-refractivity contribution in [2.24, 2.45) is 0 Å². The van der Waals surface area contributed by atoms with Crippen LogP contribution in [0.15, 0.2) is 15.6 Å². The van der Waals surface area contributed by atoms with Crippen LogP contribution in [0, 0.1) is 3.70 Å². The molecule has 1 aromatic rings. The standard InChI is InChI=1S/C6H2BrClF2INO2S/c7-3-4(15(8,13)14)2(5(9)10)1-12-6(3)11/h1,5H. The highest BCUT2D eigenvalue weighted by atomic mass is 127. The lowest BCUT2D eigenvalue weighted by atomic mass is 10.3. The van der Waals surface area contributed by atoms with E-state index < -0.39 is 25.9 Å². The Hall–Kier alpha value is 0.460. The van der Waals surface area contributed by atoms with Crippen LogP contribution in [-0.2, 0) is 9.05 Å². The molecule has 15 heavy (non-hydrogen) atoms. The average molecular weight is 432 g/mol. The van der Waals surface area contributed by atoms with Gasteiger partial charge in [-0.3, -0.25) is 0 Å². The molecular weight excluding hydrogens is 430 g/mol. The maximum absolute atomic E-state index is 12.5. The number of hydrogen-bond acceptors (Lipinski definition) is 3. The van der Waals surface area contributed by atoms with Gasteiger partial charge in [0.25, 0.3) is 15.5 Å². The quantitative estimate of drug-likeness (QED) is 0.409. The van der Waals surface area contributed by atoms with Crippen molar-refractivity contribution >= 4 is 58.3 Å². The van der Waals surface area contributed by atoms with E-state index in [4.69, 9.17) is 10.7 Å². The van der Waals surface area contributed by atoms with Gasteiger partial charge < -0.3 is 0 Å². The van der Waals surface area contributed by atoms with E-state index in [-0.39, 0.29) is 8.17 Å². The van der Waals surface area contributed by atoms with E-state index in [0.717, 1.165) is 6.20 Å². The molecule has 0 fully saturated rings. The van der Waals surface area contributed by atoms with Crippen LogP contribution >= 0.6 is 49.2 Å². The lowest BCUT2D eigenvalue weighted by molar-refractivity contribution is 0.147. The summed E-state index contributed by atoms with van der Waals surface area (Å²) in [4.78, 5) is 2.98. The van der Waals surface area contributed by atoms with Crippen LogP contribution in [0.3, 0.4) is 0 Å². The molecule has 84 valence electrons. The van der Waals surface area contributed by atoms with E-state index in [1.807, 2.05) is 0 Å². The van der Waals surface area contributed by atoms with Crippen LogP contribution in [-0.4, -0.2) is 13.4 Å². The zero-order valence-electron chi connectivity index (χ0n) is 6.72. The third-order valence-electron chi connectivity index (χ3n) is 1.44. The molecule has 0 radical (unpaired) electrons. The van der Waals surface area contributed by atoms with Crippen molar-refractivity contribution in [1.82, 2.24) is 4.98 Å². The summed E-state index contributed by atoms with van der Waals surface area (Å²) in [6.07, 6.45) is -2.15. The Kier molecular flexibility index (Phi) is 4.29. The monoisotopic (exact) mass is 431 g/mol. The molecule has 0 saturated heterocycles. The van der Waals surface area contributed by atoms with E-state index >= 15 is 0 Å². The molecule has 0 spiro atoms. The summed E-state index contributed by atoms with van der Waals surface area (Å²) in [7, 11) is 0.832. The number of nitrogens with zero attached hydrogens (tertiary/aromatic N) is 1. The van der Waals surface area contributed by atoms with Crippen LogP contribution < -0.4 is 0 Å². The summed E-state index contributed by atoms with van der Waals surface area (Å²) in [5.41, 5.74) is -0.711. The van der Waals surface area contributed by atoms with Crippen molar-refractivity contribution in [3.05, 3.63) is 19.9 Å². The number of halogens is 5. The fourth-order valence-corrected chi connectivity index (χ4v) is 3.94. The highest BCUT2D eigenvalue weighted by Crippen LogP contribution is 2.35. The highest BCUT2D eigenvalue weighted by molar-refractivity contribution is 14.1. The summed E-state index contributed by atoms with van der Waals surface area (Å²) >= 11 is 4.57. The van der Waals surface area contributed by atoms with Gasteiger partial charge in [-0.1, -0.05) is 0 Å². The van der Waals surface area contributed by atoms with Crippen molar-refractivity contribution < 1.29 is 17.2 Å². The zero-order valence-corrected chi connectivity index (χ0v) is 12.0. The smallest absolute Gasteiger partial charge is 0.249 e. The Morgan fingerprint density at radius 1 is 1.53 bits per heavy atom. The third kappa shape index (κ3) is 2.98. The van der Waals surface area contributed by atoms with Gasteiger partial charge in [0.1, 0.15) is 8.60 Å². The Labute approximate surface area is 111 Å². The zero-order chi connectivity index (χ0) is 11.8. The first-order chi connectivity index (χ1) is 6.75. The molecule has 0 bridgehead atoms. The van der Waals surface area contributed by atoms with Crippen LogP contribution in [0.1, 0.15) is 12.0 Å². The van der Waals surface area contributed by atoms with Crippen LogP contribution in [0.4, 0.5) is 8.78 Å². The van der Waals surface area contributed by atoms with E-state index in [2.05, 4.69) is 20.9 Å². The van der Waals surface area contributed by atoms with Crippen molar-refractivity contribution in [2.45, 2.75) is 11.3 Å². The summed E-state index contributed by atoms with van der Waals surface area (Å²) < 4.78 is 47.4. The van der Waals surface area contributed by atoms with Gasteiger partial charge in [-0.15, -0.1) is 0 Å². The Bertz CT molecular complexity index is 496. The highest BCUT2D eigenvalue weighted by Gasteiger charge is 2.26. The summed E-state index contributed by atoms with van der Waals surface area (Å²) in [5, 5.41) is 0. The second-order valence-electron chi connectivity index (χ2n) is 2.39. The van der Waals surface area contributed by atoms with Crippen molar-refractivity contribution in [3.63, 3.8) is 0 Å². The molecule has 1 rings (SSSR count).